The van der Waals surface area contributed by atoms with E-state index < -0.39 is 0 Å². The van der Waals surface area contributed by atoms with E-state index in [1.165, 1.54) is 48.9 Å². The Morgan fingerprint density at radius 2 is 1.95 bits per heavy atom. The number of nitrogens with zero attached hydrogens (tertiary/aromatic N) is 2. The molecule has 1 heterocycles. The van der Waals surface area contributed by atoms with Gasteiger partial charge in [-0.05, 0) is 57.6 Å². The number of likely N-dealkylation sites (N-methyl/N-ethyl adjacent to an activating group) is 1. The molecule has 4 heteroatoms. The fraction of sp³-hybridized carbons (Fsp3) is 0.647. The number of rotatable bonds is 6. The molecule has 0 aliphatic carbocycles. The number of piperidine rings is 1. The lowest BCUT2D eigenvalue weighted by molar-refractivity contribution is 0.0400. The van der Waals surface area contributed by atoms with E-state index in [0.29, 0.717) is 0 Å². The largest absolute Gasteiger partial charge is 0.329 e. The van der Waals surface area contributed by atoms with E-state index >= 15 is 0 Å². The first-order valence-electron chi connectivity index (χ1n) is 7.98. The number of benzene rings is 1. The molecule has 0 aromatic heterocycles. The van der Waals surface area contributed by atoms with E-state index in [2.05, 4.69) is 64.0 Å². The highest BCUT2D eigenvalue weighted by Crippen LogP contribution is 2.29. The van der Waals surface area contributed by atoms with Crippen LogP contribution in [0.25, 0.3) is 0 Å². The second-order valence-corrected chi connectivity index (χ2v) is 7.07. The molecule has 1 aliphatic heterocycles. The van der Waals surface area contributed by atoms with E-state index in [9.17, 15) is 0 Å². The van der Waals surface area contributed by atoms with Gasteiger partial charge in [-0.2, -0.15) is 0 Å². The van der Waals surface area contributed by atoms with Crippen LogP contribution in [0.3, 0.4) is 0 Å². The first kappa shape index (κ1) is 16.9. The van der Waals surface area contributed by atoms with Crippen LogP contribution in [0.1, 0.15) is 31.7 Å². The SMILES string of the molecule is CCCN1CCC(CN)(N(C)Cc2ccccc2Br)CC1. The number of hydrogen-bond donors (Lipinski definition) is 1. The van der Waals surface area contributed by atoms with E-state index in [0.717, 1.165) is 13.1 Å². The summed E-state index contributed by atoms with van der Waals surface area (Å²) >= 11 is 3.65. The van der Waals surface area contributed by atoms with Crippen molar-refractivity contribution in [3.8, 4) is 0 Å². The molecule has 1 fully saturated rings. The Kier molecular flexibility index (Phi) is 6.23. The van der Waals surface area contributed by atoms with Crippen molar-refractivity contribution in [2.24, 2.45) is 5.73 Å². The highest BCUT2D eigenvalue weighted by Gasteiger charge is 2.36. The summed E-state index contributed by atoms with van der Waals surface area (Å²) in [6, 6.07) is 8.47. The lowest BCUT2D eigenvalue weighted by atomic mass is 9.85. The third kappa shape index (κ3) is 4.07. The zero-order valence-corrected chi connectivity index (χ0v) is 14.9. The van der Waals surface area contributed by atoms with Crippen molar-refractivity contribution in [2.75, 3.05) is 33.2 Å². The molecule has 0 unspecified atom stereocenters. The van der Waals surface area contributed by atoms with Gasteiger partial charge in [0.05, 0.1) is 0 Å². The molecule has 118 valence electrons. The van der Waals surface area contributed by atoms with Crippen molar-refractivity contribution < 1.29 is 0 Å². The molecule has 1 aliphatic rings. The minimum Gasteiger partial charge on any atom is -0.329 e. The summed E-state index contributed by atoms with van der Waals surface area (Å²) < 4.78 is 1.19. The first-order chi connectivity index (χ1) is 10.1. The fourth-order valence-electron chi connectivity index (χ4n) is 3.30. The number of nitrogens with two attached hydrogens (primary N) is 1. The van der Waals surface area contributed by atoms with Gasteiger partial charge in [-0.25, -0.2) is 0 Å². The van der Waals surface area contributed by atoms with E-state index in [-0.39, 0.29) is 5.54 Å². The zero-order valence-electron chi connectivity index (χ0n) is 13.3. The van der Waals surface area contributed by atoms with Crippen molar-refractivity contribution in [3.05, 3.63) is 34.3 Å². The fourth-order valence-corrected chi connectivity index (χ4v) is 3.71. The normalized spacial score (nSPS) is 19.1. The van der Waals surface area contributed by atoms with E-state index in [1.54, 1.807) is 0 Å². The van der Waals surface area contributed by atoms with Gasteiger partial charge in [-0.15, -0.1) is 0 Å². The molecular weight excluding hydrogens is 326 g/mol. The highest BCUT2D eigenvalue weighted by molar-refractivity contribution is 9.10. The number of hydrogen-bond acceptors (Lipinski definition) is 3. The van der Waals surface area contributed by atoms with Crippen LogP contribution in [-0.4, -0.2) is 48.6 Å². The standard InChI is InChI=1S/C17H28BrN3/c1-3-10-21-11-8-17(14-19,9-12-21)20(2)13-15-6-4-5-7-16(15)18/h4-7H,3,8-14,19H2,1-2H3. The van der Waals surface area contributed by atoms with Crippen LogP contribution in [0.15, 0.2) is 28.7 Å². The minimum atomic E-state index is 0.152. The van der Waals surface area contributed by atoms with Crippen LogP contribution in [0.5, 0.6) is 0 Å². The average Bonchev–Trinajstić information content (AvgIpc) is 2.51. The Labute approximate surface area is 137 Å². The summed E-state index contributed by atoms with van der Waals surface area (Å²) in [4.78, 5) is 5.04. The molecule has 1 saturated heterocycles. The van der Waals surface area contributed by atoms with Gasteiger partial charge in [-0.1, -0.05) is 41.1 Å². The molecule has 1 aromatic carbocycles. The predicted octanol–water partition coefficient (Wildman–Crippen LogP) is 3.08. The molecular formula is C17H28BrN3. The van der Waals surface area contributed by atoms with Crippen molar-refractivity contribution in [2.45, 2.75) is 38.3 Å². The third-order valence-corrected chi connectivity index (χ3v) is 5.66. The monoisotopic (exact) mass is 353 g/mol. The lowest BCUT2D eigenvalue weighted by Gasteiger charge is -2.47. The van der Waals surface area contributed by atoms with Gasteiger partial charge in [0.25, 0.3) is 0 Å². The second-order valence-electron chi connectivity index (χ2n) is 6.22. The Balaban J connectivity index is 2.02. The van der Waals surface area contributed by atoms with Crippen LogP contribution in [0.4, 0.5) is 0 Å². The van der Waals surface area contributed by atoms with Crippen molar-refractivity contribution >= 4 is 15.9 Å². The molecule has 0 radical (unpaired) electrons. The molecule has 2 rings (SSSR count). The smallest absolute Gasteiger partial charge is 0.0356 e. The summed E-state index contributed by atoms with van der Waals surface area (Å²) in [6.45, 7) is 7.51. The summed E-state index contributed by atoms with van der Waals surface area (Å²) in [5.74, 6) is 0. The van der Waals surface area contributed by atoms with E-state index in [4.69, 9.17) is 5.73 Å². The number of likely N-dealkylation sites (tertiary alicyclic amines) is 1. The van der Waals surface area contributed by atoms with Gasteiger partial charge in [0, 0.05) is 23.1 Å². The summed E-state index contributed by atoms with van der Waals surface area (Å²) in [5, 5.41) is 0. The maximum Gasteiger partial charge on any atom is 0.0356 e. The topological polar surface area (TPSA) is 32.5 Å². The van der Waals surface area contributed by atoms with Crippen molar-refractivity contribution in [1.82, 2.24) is 9.80 Å². The van der Waals surface area contributed by atoms with Gasteiger partial charge in [0.1, 0.15) is 0 Å². The number of halogens is 1. The highest BCUT2D eigenvalue weighted by atomic mass is 79.9. The van der Waals surface area contributed by atoms with Crippen molar-refractivity contribution in [1.29, 1.82) is 0 Å². The lowest BCUT2D eigenvalue weighted by Crippen LogP contribution is -2.57. The maximum absolute atomic E-state index is 6.18. The summed E-state index contributed by atoms with van der Waals surface area (Å²) in [5.41, 5.74) is 7.67. The molecule has 0 atom stereocenters. The molecule has 0 amide bonds. The van der Waals surface area contributed by atoms with Gasteiger partial charge in [-0.3, -0.25) is 4.90 Å². The Morgan fingerprint density at radius 3 is 2.52 bits per heavy atom. The Hall–Kier alpha value is -0.420. The molecule has 1 aromatic rings. The van der Waals surface area contributed by atoms with Gasteiger partial charge in [0.2, 0.25) is 0 Å². The molecule has 21 heavy (non-hydrogen) atoms. The Bertz CT molecular complexity index is 441. The first-order valence-corrected chi connectivity index (χ1v) is 8.77. The maximum atomic E-state index is 6.18. The van der Waals surface area contributed by atoms with Crippen LogP contribution in [0.2, 0.25) is 0 Å². The van der Waals surface area contributed by atoms with Crippen LogP contribution in [-0.2, 0) is 6.54 Å². The van der Waals surface area contributed by atoms with Gasteiger partial charge in [0.15, 0.2) is 0 Å². The molecule has 0 spiro atoms. The van der Waals surface area contributed by atoms with Crippen LogP contribution in [0, 0.1) is 0 Å². The quantitative estimate of drug-likeness (QED) is 0.852. The van der Waals surface area contributed by atoms with Gasteiger partial charge < -0.3 is 10.6 Å². The van der Waals surface area contributed by atoms with E-state index in [1.807, 2.05) is 0 Å². The van der Waals surface area contributed by atoms with Crippen molar-refractivity contribution in [3.63, 3.8) is 0 Å². The second kappa shape index (κ2) is 7.73. The summed E-state index contributed by atoms with van der Waals surface area (Å²) in [6.07, 6.45) is 3.58. The van der Waals surface area contributed by atoms with Crippen LogP contribution >= 0.6 is 15.9 Å². The van der Waals surface area contributed by atoms with Crippen LogP contribution < -0.4 is 5.73 Å². The molecule has 0 saturated carbocycles. The third-order valence-electron chi connectivity index (χ3n) is 4.88. The minimum absolute atomic E-state index is 0.152. The summed E-state index contributed by atoms with van der Waals surface area (Å²) in [7, 11) is 2.22. The molecule has 2 N–H and O–H groups in total. The average molecular weight is 354 g/mol. The zero-order chi connectivity index (χ0) is 15.3. The van der Waals surface area contributed by atoms with Gasteiger partial charge >= 0.3 is 0 Å². The predicted molar refractivity (Wildman–Crippen MR) is 93.4 cm³/mol. The molecule has 0 bridgehead atoms. The molecule has 3 nitrogen and oxygen atoms in total. The Morgan fingerprint density at radius 1 is 1.29 bits per heavy atom.